The van der Waals surface area contributed by atoms with Crippen molar-refractivity contribution in [2.24, 2.45) is 5.41 Å². The molecule has 2 rings (SSSR count). The molecule has 0 radical (unpaired) electrons. The Kier molecular flexibility index (Phi) is 6.17. The molecule has 126 valence electrons. The summed E-state index contributed by atoms with van der Waals surface area (Å²) >= 11 is 5.85. The average Bonchev–Trinajstić information content (AvgIpc) is 2.87. The van der Waals surface area contributed by atoms with E-state index < -0.39 is 0 Å². The number of thiol groups is 1. The molecular weight excluding hydrogens is 328 g/mol. The minimum Gasteiger partial charge on any atom is -0.331 e. The predicted octanol–water partition coefficient (Wildman–Crippen LogP) is 3.18. The number of likely N-dealkylation sites (tertiary alicyclic amines) is 1. The van der Waals surface area contributed by atoms with Crippen LogP contribution in [0.25, 0.3) is 0 Å². The standard InChI is InChI=1S/C17H24N2O2S2/c1-17(2,3)9-16(21)19-10-12(7-13(19)11-20)18-23-15-6-4-5-14(22)8-15/h4-6,8,11-13,18,22H,7,9-10H2,1-3H3/t12-,13-/m0/s1. The van der Waals surface area contributed by atoms with E-state index in [0.29, 0.717) is 19.4 Å². The highest BCUT2D eigenvalue weighted by Crippen LogP contribution is 2.26. The maximum atomic E-state index is 12.4. The topological polar surface area (TPSA) is 49.4 Å². The fourth-order valence-electron chi connectivity index (χ4n) is 2.62. The fraction of sp³-hybridized carbons (Fsp3) is 0.529. The Morgan fingerprint density at radius 2 is 2.22 bits per heavy atom. The van der Waals surface area contributed by atoms with Crippen molar-refractivity contribution in [1.29, 1.82) is 0 Å². The molecule has 1 aliphatic heterocycles. The summed E-state index contributed by atoms with van der Waals surface area (Å²) in [6.07, 6.45) is 2.01. The summed E-state index contributed by atoms with van der Waals surface area (Å²) in [7, 11) is 0. The number of nitrogens with one attached hydrogen (secondary N) is 1. The quantitative estimate of drug-likeness (QED) is 0.485. The molecule has 2 atom stereocenters. The van der Waals surface area contributed by atoms with Crippen molar-refractivity contribution < 1.29 is 9.59 Å². The number of nitrogens with zero attached hydrogens (tertiary/aromatic N) is 1. The summed E-state index contributed by atoms with van der Waals surface area (Å²) in [6.45, 7) is 6.68. The Morgan fingerprint density at radius 3 is 2.83 bits per heavy atom. The van der Waals surface area contributed by atoms with Crippen molar-refractivity contribution in [3.63, 3.8) is 0 Å². The van der Waals surface area contributed by atoms with Crippen molar-refractivity contribution in [2.45, 2.75) is 55.5 Å². The Morgan fingerprint density at radius 1 is 1.48 bits per heavy atom. The average molecular weight is 353 g/mol. The van der Waals surface area contributed by atoms with Crippen LogP contribution < -0.4 is 4.72 Å². The van der Waals surface area contributed by atoms with E-state index in [1.807, 2.05) is 45.0 Å². The van der Waals surface area contributed by atoms with E-state index in [1.54, 1.807) is 4.90 Å². The van der Waals surface area contributed by atoms with Crippen LogP contribution in [0.4, 0.5) is 0 Å². The molecule has 23 heavy (non-hydrogen) atoms. The first-order chi connectivity index (χ1) is 10.8. The van der Waals surface area contributed by atoms with Crippen LogP contribution in [0.2, 0.25) is 0 Å². The Bertz CT molecular complexity index is 572. The maximum Gasteiger partial charge on any atom is 0.223 e. The predicted molar refractivity (Wildman–Crippen MR) is 96.7 cm³/mol. The zero-order valence-electron chi connectivity index (χ0n) is 13.8. The van der Waals surface area contributed by atoms with Crippen molar-refractivity contribution in [1.82, 2.24) is 9.62 Å². The van der Waals surface area contributed by atoms with E-state index in [2.05, 4.69) is 17.4 Å². The van der Waals surface area contributed by atoms with E-state index in [-0.39, 0.29) is 23.4 Å². The molecule has 0 aliphatic carbocycles. The van der Waals surface area contributed by atoms with Crippen LogP contribution >= 0.6 is 24.6 Å². The first-order valence-corrected chi connectivity index (χ1v) is 9.01. The highest BCUT2D eigenvalue weighted by molar-refractivity contribution is 7.97. The van der Waals surface area contributed by atoms with Gasteiger partial charge >= 0.3 is 0 Å². The second-order valence-corrected chi connectivity index (χ2v) is 8.56. The van der Waals surface area contributed by atoms with Gasteiger partial charge < -0.3 is 9.69 Å². The minimum atomic E-state index is -0.320. The van der Waals surface area contributed by atoms with Crippen LogP contribution in [0.5, 0.6) is 0 Å². The molecular formula is C17H24N2O2S2. The van der Waals surface area contributed by atoms with E-state index in [9.17, 15) is 9.59 Å². The second-order valence-electron chi connectivity index (χ2n) is 7.14. The molecule has 4 nitrogen and oxygen atoms in total. The summed E-state index contributed by atoms with van der Waals surface area (Å²) in [5, 5.41) is 0. The minimum absolute atomic E-state index is 0.0567. The van der Waals surface area contributed by atoms with Gasteiger partial charge in [-0.15, -0.1) is 12.6 Å². The molecule has 1 N–H and O–H groups in total. The van der Waals surface area contributed by atoms with E-state index >= 15 is 0 Å². The highest BCUT2D eigenvalue weighted by atomic mass is 32.2. The van der Waals surface area contributed by atoms with Crippen LogP contribution in [0.1, 0.15) is 33.6 Å². The lowest BCUT2D eigenvalue weighted by Gasteiger charge is -2.25. The molecule has 1 aromatic rings. The van der Waals surface area contributed by atoms with Crippen LogP contribution in [0.3, 0.4) is 0 Å². The van der Waals surface area contributed by atoms with Gasteiger partial charge in [0.15, 0.2) is 0 Å². The summed E-state index contributed by atoms with van der Waals surface area (Å²) in [4.78, 5) is 27.4. The number of aldehydes is 1. The number of carbonyl (C=O) groups excluding carboxylic acids is 2. The van der Waals surface area contributed by atoms with Gasteiger partial charge in [0, 0.05) is 28.8 Å². The van der Waals surface area contributed by atoms with E-state index in [0.717, 1.165) is 16.1 Å². The van der Waals surface area contributed by atoms with Gasteiger partial charge in [0.05, 0.1) is 6.04 Å². The summed E-state index contributed by atoms with van der Waals surface area (Å²) < 4.78 is 3.37. The third kappa shape index (κ3) is 5.55. The number of hydrogen-bond donors (Lipinski definition) is 2. The Hall–Kier alpha value is -0.980. The first kappa shape index (κ1) is 18.4. The number of rotatable bonds is 5. The Balaban J connectivity index is 1.93. The van der Waals surface area contributed by atoms with Crippen molar-refractivity contribution in [2.75, 3.05) is 6.54 Å². The summed E-state index contributed by atoms with van der Waals surface area (Å²) in [6, 6.07) is 7.66. The molecule has 0 spiro atoms. The summed E-state index contributed by atoms with van der Waals surface area (Å²) in [5.74, 6) is 0.0567. The molecule has 0 aromatic heterocycles. The molecule has 0 bridgehead atoms. The van der Waals surface area contributed by atoms with Gasteiger partial charge in [-0.3, -0.25) is 9.52 Å². The van der Waals surface area contributed by atoms with Gasteiger partial charge in [-0.2, -0.15) is 0 Å². The molecule has 1 amide bonds. The van der Waals surface area contributed by atoms with Gasteiger partial charge in [-0.05, 0) is 42.0 Å². The van der Waals surface area contributed by atoms with E-state index in [1.165, 1.54) is 11.9 Å². The number of hydrogen-bond acceptors (Lipinski definition) is 5. The highest BCUT2D eigenvalue weighted by Gasteiger charge is 2.36. The van der Waals surface area contributed by atoms with Crippen LogP contribution in [-0.2, 0) is 9.59 Å². The lowest BCUT2D eigenvalue weighted by molar-refractivity contribution is -0.136. The molecule has 0 unspecified atom stereocenters. The largest absolute Gasteiger partial charge is 0.331 e. The first-order valence-electron chi connectivity index (χ1n) is 7.74. The molecule has 1 fully saturated rings. The van der Waals surface area contributed by atoms with Crippen molar-refractivity contribution >= 4 is 36.8 Å². The smallest absolute Gasteiger partial charge is 0.223 e. The van der Waals surface area contributed by atoms with Crippen LogP contribution in [0.15, 0.2) is 34.1 Å². The van der Waals surface area contributed by atoms with Crippen LogP contribution in [0, 0.1) is 5.41 Å². The summed E-state index contributed by atoms with van der Waals surface area (Å²) in [5.41, 5.74) is -0.0716. The third-order valence-electron chi connectivity index (χ3n) is 3.66. The molecule has 6 heteroatoms. The monoisotopic (exact) mass is 352 g/mol. The van der Waals surface area contributed by atoms with Crippen LogP contribution in [-0.4, -0.2) is 35.7 Å². The van der Waals surface area contributed by atoms with Gasteiger partial charge in [0.2, 0.25) is 5.91 Å². The van der Waals surface area contributed by atoms with Gasteiger partial charge in [-0.25, -0.2) is 0 Å². The molecule has 1 heterocycles. The normalized spacial score (nSPS) is 21.5. The number of benzene rings is 1. The zero-order chi connectivity index (χ0) is 17.0. The van der Waals surface area contributed by atoms with Gasteiger partial charge in [-0.1, -0.05) is 26.8 Å². The van der Waals surface area contributed by atoms with Crippen molar-refractivity contribution in [3.05, 3.63) is 24.3 Å². The third-order valence-corrected chi connectivity index (χ3v) is 4.88. The van der Waals surface area contributed by atoms with Gasteiger partial charge in [0.25, 0.3) is 0 Å². The van der Waals surface area contributed by atoms with Crippen molar-refractivity contribution in [3.8, 4) is 0 Å². The number of carbonyl (C=O) groups is 2. The lowest BCUT2D eigenvalue weighted by atomic mass is 9.91. The molecule has 1 aromatic carbocycles. The Labute approximate surface area is 147 Å². The van der Waals surface area contributed by atoms with E-state index in [4.69, 9.17) is 0 Å². The van der Waals surface area contributed by atoms with Gasteiger partial charge in [0.1, 0.15) is 6.29 Å². The molecule has 1 saturated heterocycles. The zero-order valence-corrected chi connectivity index (χ0v) is 15.5. The fourth-order valence-corrected chi connectivity index (χ4v) is 3.74. The molecule has 0 saturated carbocycles. The second kappa shape index (κ2) is 7.73. The molecule has 1 aliphatic rings. The number of amides is 1. The lowest BCUT2D eigenvalue weighted by Crippen LogP contribution is -2.39. The SMILES string of the molecule is CC(C)(C)CC(=O)N1C[C@@H](NSc2cccc(S)c2)C[C@H]1C=O. The maximum absolute atomic E-state index is 12.4.